The Hall–Kier alpha value is -6.50. The highest BCUT2D eigenvalue weighted by atomic mass is 14.6. The molecule has 0 saturated heterocycles. The predicted octanol–water partition coefficient (Wildman–Crippen LogP) is 15.1. The van der Waals surface area contributed by atoms with Gasteiger partial charge in [0, 0.05) is 23.7 Å². The lowest BCUT2D eigenvalue weighted by Crippen LogP contribution is -2.39. The molecule has 0 heterocycles. The third kappa shape index (κ3) is 4.14. The van der Waals surface area contributed by atoms with Gasteiger partial charge in [-0.3, -0.25) is 0 Å². The summed E-state index contributed by atoms with van der Waals surface area (Å²) in [6.07, 6.45) is 36.1. The zero-order valence-corrected chi connectivity index (χ0v) is 33.2. The first-order chi connectivity index (χ1) is 29.2. The molecule has 0 aromatic heterocycles. The molecule has 0 spiro atoms. The fourth-order valence-electron chi connectivity index (χ4n) is 13.2. The van der Waals surface area contributed by atoms with E-state index in [2.05, 4.69) is 171 Å². The zero-order chi connectivity index (χ0) is 38.5. The molecule has 0 bridgehead atoms. The summed E-state index contributed by atoms with van der Waals surface area (Å²) in [5.74, 6) is 1.33. The normalized spacial score (nSPS) is 24.8. The molecule has 1 fully saturated rings. The fourth-order valence-corrected chi connectivity index (χ4v) is 13.2. The number of allylic oxidation sites excluding steroid dienone is 24. The third-order valence-electron chi connectivity index (χ3n) is 15.4. The van der Waals surface area contributed by atoms with E-state index < -0.39 is 0 Å². The molecular weight excluding hydrogens is 709 g/mol. The van der Waals surface area contributed by atoms with Crippen molar-refractivity contribution >= 4 is 43.8 Å². The summed E-state index contributed by atoms with van der Waals surface area (Å²) in [4.78, 5) is 0. The van der Waals surface area contributed by atoms with E-state index in [1.165, 1.54) is 99.5 Å². The van der Waals surface area contributed by atoms with Crippen LogP contribution in [0.1, 0.15) is 54.9 Å². The Labute approximate surface area is 346 Å². The molecule has 0 heteroatoms. The second kappa shape index (κ2) is 11.8. The van der Waals surface area contributed by atoms with Crippen molar-refractivity contribution in [2.75, 3.05) is 0 Å². The maximum absolute atomic E-state index is 2.62. The molecule has 278 valence electrons. The van der Waals surface area contributed by atoms with Crippen LogP contribution in [0.2, 0.25) is 0 Å². The smallest absolute Gasteiger partial charge is 0.0212 e. The van der Waals surface area contributed by atoms with Crippen molar-refractivity contribution in [1.29, 1.82) is 0 Å². The first-order valence-corrected chi connectivity index (χ1v) is 21.8. The Morgan fingerprint density at radius 1 is 0.492 bits per heavy atom. The largest absolute Gasteiger partial charge is 0.0836 e. The number of hydrogen-bond acceptors (Lipinski definition) is 0. The van der Waals surface area contributed by atoms with E-state index >= 15 is 0 Å². The van der Waals surface area contributed by atoms with E-state index in [-0.39, 0.29) is 11.8 Å². The summed E-state index contributed by atoms with van der Waals surface area (Å²) >= 11 is 0. The quantitative estimate of drug-likeness (QED) is 0.158. The molecular formula is C59H42. The molecule has 0 N–H and O–H groups in total. The van der Waals surface area contributed by atoms with Crippen LogP contribution >= 0.6 is 0 Å². The molecule has 0 amide bonds. The first kappa shape index (κ1) is 32.5. The fraction of sp³-hybridized carbons (Fsp3) is 0.153. The molecule has 59 heavy (non-hydrogen) atoms. The standard InChI is InChI=1S/C59H42/c1-33-31-47-43-28-30-46-56-45(29-27-42(54(43)56)41-26-25-36-19-6-2-3-11-20-37(33)50(36)55(41)47)58-51(34-15-7-4-8-16-34)49-32-48-39-22-13-12-21-38(39)40-23-14-24-44(53(40)48)57(49)52(59(46)58)35-17-9-5-10-18-35/h2-12,14-18,21,23-32,50,54-56H,13,19-20,22H2,1H3. The van der Waals surface area contributed by atoms with E-state index in [9.17, 15) is 0 Å². The lowest BCUT2D eigenvalue weighted by atomic mass is 9.53. The van der Waals surface area contributed by atoms with Gasteiger partial charge in [-0.25, -0.2) is 0 Å². The molecule has 9 aliphatic rings. The highest BCUT2D eigenvalue weighted by Crippen LogP contribution is 2.68. The van der Waals surface area contributed by atoms with Gasteiger partial charge in [0.2, 0.25) is 0 Å². The van der Waals surface area contributed by atoms with Crippen LogP contribution in [0.15, 0.2) is 203 Å². The van der Waals surface area contributed by atoms with Crippen LogP contribution in [-0.2, 0) is 0 Å². The Kier molecular flexibility index (Phi) is 6.49. The van der Waals surface area contributed by atoms with E-state index in [0.29, 0.717) is 11.8 Å². The minimum absolute atomic E-state index is 0.254. The van der Waals surface area contributed by atoms with Crippen molar-refractivity contribution in [3.63, 3.8) is 0 Å². The molecule has 4 atom stereocenters. The monoisotopic (exact) mass is 750 g/mol. The van der Waals surface area contributed by atoms with Crippen LogP contribution in [0.25, 0.3) is 66.1 Å². The topological polar surface area (TPSA) is 0 Å². The van der Waals surface area contributed by atoms with Gasteiger partial charge in [0.1, 0.15) is 0 Å². The van der Waals surface area contributed by atoms with Gasteiger partial charge in [0.15, 0.2) is 0 Å². The molecule has 0 aliphatic heterocycles. The summed E-state index contributed by atoms with van der Waals surface area (Å²) in [7, 11) is 0. The maximum Gasteiger partial charge on any atom is 0.0212 e. The van der Waals surface area contributed by atoms with Crippen molar-refractivity contribution in [1.82, 2.24) is 0 Å². The number of rotatable bonds is 2. The average Bonchev–Trinajstić information content (AvgIpc) is 3.82. The predicted molar refractivity (Wildman–Crippen MR) is 248 cm³/mol. The van der Waals surface area contributed by atoms with Crippen molar-refractivity contribution < 1.29 is 0 Å². The van der Waals surface area contributed by atoms with Crippen LogP contribution < -0.4 is 0 Å². The maximum atomic E-state index is 2.62. The minimum Gasteiger partial charge on any atom is -0.0836 e. The summed E-state index contributed by atoms with van der Waals surface area (Å²) in [5.41, 5.74) is 27.8. The zero-order valence-electron chi connectivity index (χ0n) is 33.2. The Morgan fingerprint density at radius 2 is 1.14 bits per heavy atom. The number of fused-ring (bicyclic) bond motifs is 9. The van der Waals surface area contributed by atoms with E-state index in [1.807, 2.05) is 0 Å². The SMILES string of the molecule is CC1=C2CC=CC=CCC3=CC=C4C5=CC=C6c7c(c(-c8ccccc8)c8c(cc9c%10c(cccc%108)C8=C9CCC=C8)c7-c7ccccc7)C7=CC=C(C(=C1)C4C32)C5C67. The van der Waals surface area contributed by atoms with Gasteiger partial charge in [-0.1, -0.05) is 175 Å². The molecule has 5 aromatic rings. The van der Waals surface area contributed by atoms with Gasteiger partial charge in [-0.05, 0) is 149 Å². The lowest BCUT2D eigenvalue weighted by molar-refractivity contribution is 0.467. The van der Waals surface area contributed by atoms with Crippen LogP contribution in [0.4, 0.5) is 0 Å². The van der Waals surface area contributed by atoms with E-state index in [0.717, 1.165) is 25.7 Å². The van der Waals surface area contributed by atoms with Crippen molar-refractivity contribution in [3.05, 3.63) is 225 Å². The Bertz CT molecular complexity index is 3240. The summed E-state index contributed by atoms with van der Waals surface area (Å²) in [6, 6.07) is 32.5. The van der Waals surface area contributed by atoms with Crippen LogP contribution in [0, 0.1) is 23.7 Å². The van der Waals surface area contributed by atoms with Gasteiger partial charge in [0.05, 0.1) is 0 Å². The second-order valence-corrected chi connectivity index (χ2v) is 18.0. The summed E-state index contributed by atoms with van der Waals surface area (Å²) in [5, 5.41) is 5.59. The highest BCUT2D eigenvalue weighted by Gasteiger charge is 2.53. The van der Waals surface area contributed by atoms with Crippen LogP contribution in [0.5, 0.6) is 0 Å². The molecule has 1 saturated carbocycles. The average molecular weight is 751 g/mol. The van der Waals surface area contributed by atoms with Gasteiger partial charge in [-0.2, -0.15) is 0 Å². The highest BCUT2D eigenvalue weighted by molar-refractivity contribution is 6.30. The molecule has 14 rings (SSSR count). The Balaban J connectivity index is 1.12. The Morgan fingerprint density at radius 3 is 1.92 bits per heavy atom. The third-order valence-corrected chi connectivity index (χ3v) is 15.4. The van der Waals surface area contributed by atoms with Crippen molar-refractivity contribution in [2.24, 2.45) is 23.7 Å². The molecule has 5 aromatic carbocycles. The summed E-state index contributed by atoms with van der Waals surface area (Å²) < 4.78 is 0. The number of benzene rings is 5. The number of hydrogen-bond donors (Lipinski definition) is 0. The first-order valence-electron chi connectivity index (χ1n) is 21.8. The molecule has 0 nitrogen and oxygen atoms in total. The van der Waals surface area contributed by atoms with Gasteiger partial charge in [-0.15, -0.1) is 0 Å². The minimum atomic E-state index is 0.254. The van der Waals surface area contributed by atoms with Crippen molar-refractivity contribution in [2.45, 2.75) is 32.6 Å². The van der Waals surface area contributed by atoms with Gasteiger partial charge in [0.25, 0.3) is 0 Å². The summed E-state index contributed by atoms with van der Waals surface area (Å²) in [6.45, 7) is 2.38. The van der Waals surface area contributed by atoms with Crippen LogP contribution in [-0.4, -0.2) is 0 Å². The van der Waals surface area contributed by atoms with Crippen molar-refractivity contribution in [3.8, 4) is 22.3 Å². The molecule has 4 unspecified atom stereocenters. The van der Waals surface area contributed by atoms with E-state index in [4.69, 9.17) is 0 Å². The van der Waals surface area contributed by atoms with Gasteiger partial charge < -0.3 is 0 Å². The van der Waals surface area contributed by atoms with E-state index in [1.54, 1.807) is 27.9 Å². The molecule has 0 radical (unpaired) electrons. The van der Waals surface area contributed by atoms with Crippen LogP contribution in [0.3, 0.4) is 0 Å². The van der Waals surface area contributed by atoms with Gasteiger partial charge >= 0.3 is 0 Å². The molecule has 9 aliphatic carbocycles. The second-order valence-electron chi connectivity index (χ2n) is 18.0. The lowest BCUT2D eigenvalue weighted by Gasteiger charge is -2.50.